The molecular formula is C59H60BN3. The van der Waals surface area contributed by atoms with Gasteiger partial charge in [0.25, 0.3) is 6.71 Å². The number of rotatable bonds is 4. The van der Waals surface area contributed by atoms with Crippen LogP contribution >= 0.6 is 0 Å². The van der Waals surface area contributed by atoms with Gasteiger partial charge in [-0.15, -0.1) is 0 Å². The van der Waals surface area contributed by atoms with Crippen LogP contribution in [0.3, 0.4) is 0 Å². The first-order valence-corrected chi connectivity index (χ1v) is 23.5. The molecule has 4 heteroatoms. The van der Waals surface area contributed by atoms with Gasteiger partial charge in [-0.3, -0.25) is 0 Å². The van der Waals surface area contributed by atoms with Gasteiger partial charge in [-0.05, 0) is 134 Å². The molecule has 1 aliphatic carbocycles. The largest absolute Gasteiger partial charge is 0.311 e. The van der Waals surface area contributed by atoms with Gasteiger partial charge in [0.2, 0.25) is 0 Å². The Labute approximate surface area is 376 Å². The van der Waals surface area contributed by atoms with E-state index in [9.17, 15) is 0 Å². The van der Waals surface area contributed by atoms with E-state index in [1.807, 2.05) is 0 Å². The van der Waals surface area contributed by atoms with E-state index in [0.29, 0.717) is 5.92 Å². The molecular weight excluding hydrogens is 761 g/mol. The van der Waals surface area contributed by atoms with E-state index in [1.165, 1.54) is 122 Å². The average molecular weight is 822 g/mol. The highest BCUT2D eigenvalue weighted by atomic mass is 15.2. The lowest BCUT2D eigenvalue weighted by atomic mass is 9.33. The fourth-order valence-electron chi connectivity index (χ4n) is 11.5. The van der Waals surface area contributed by atoms with Gasteiger partial charge in [0, 0.05) is 33.9 Å². The third-order valence-electron chi connectivity index (χ3n) is 14.9. The maximum atomic E-state index is 2.66. The van der Waals surface area contributed by atoms with Crippen molar-refractivity contribution in [2.45, 2.75) is 110 Å². The molecule has 7 aromatic carbocycles. The van der Waals surface area contributed by atoms with Crippen molar-refractivity contribution in [2.75, 3.05) is 14.7 Å². The number of anilines is 9. The summed E-state index contributed by atoms with van der Waals surface area (Å²) in [6.07, 6.45) is 6.59. The summed E-state index contributed by atoms with van der Waals surface area (Å²) in [6.45, 7) is 19.1. The molecule has 3 nitrogen and oxygen atoms in total. The van der Waals surface area contributed by atoms with Crippen LogP contribution in [0.4, 0.5) is 51.2 Å². The predicted molar refractivity (Wildman–Crippen MR) is 271 cm³/mol. The first-order valence-electron chi connectivity index (χ1n) is 23.5. The van der Waals surface area contributed by atoms with Crippen LogP contribution in [0.25, 0.3) is 0 Å². The molecule has 0 amide bonds. The monoisotopic (exact) mass is 821 g/mol. The number of fused-ring (bicyclic) bond motifs is 6. The molecule has 0 spiro atoms. The Balaban J connectivity index is 1.26. The molecule has 0 N–H and O–H groups in total. The van der Waals surface area contributed by atoms with Gasteiger partial charge in [-0.25, -0.2) is 0 Å². The van der Waals surface area contributed by atoms with Gasteiger partial charge in [-0.2, -0.15) is 0 Å². The van der Waals surface area contributed by atoms with E-state index >= 15 is 0 Å². The van der Waals surface area contributed by atoms with Crippen molar-refractivity contribution in [1.82, 2.24) is 0 Å². The summed E-state index contributed by atoms with van der Waals surface area (Å²) in [4.78, 5) is 7.78. The van der Waals surface area contributed by atoms with Crippen molar-refractivity contribution in [3.8, 4) is 0 Å². The van der Waals surface area contributed by atoms with Gasteiger partial charge >= 0.3 is 0 Å². The molecule has 0 saturated heterocycles. The normalized spacial score (nSPS) is 16.5. The molecule has 0 radical (unpaired) electrons. The van der Waals surface area contributed by atoms with E-state index < -0.39 is 0 Å². The predicted octanol–water partition coefficient (Wildman–Crippen LogP) is 14.5. The van der Waals surface area contributed by atoms with Crippen LogP contribution in [0.2, 0.25) is 0 Å². The number of benzene rings is 7. The van der Waals surface area contributed by atoms with Crippen LogP contribution in [0.1, 0.15) is 121 Å². The highest BCUT2D eigenvalue weighted by Crippen LogP contribution is 2.57. The number of nitrogens with zero attached hydrogens (tertiary/aromatic N) is 3. The minimum atomic E-state index is -0.179. The zero-order valence-electron chi connectivity index (χ0n) is 38.5. The van der Waals surface area contributed by atoms with Crippen molar-refractivity contribution < 1.29 is 0 Å². The second-order valence-corrected chi connectivity index (χ2v) is 21.3. The zero-order valence-corrected chi connectivity index (χ0v) is 38.5. The molecule has 4 aliphatic rings. The summed E-state index contributed by atoms with van der Waals surface area (Å²) in [5.74, 6) is 0.626. The first-order chi connectivity index (χ1) is 30.3. The van der Waals surface area contributed by atoms with Crippen LogP contribution < -0.4 is 31.1 Å². The van der Waals surface area contributed by atoms with E-state index in [-0.39, 0.29) is 23.0 Å². The Hall–Kier alpha value is -6.00. The Kier molecular flexibility index (Phi) is 9.18. The zero-order chi connectivity index (χ0) is 43.4. The molecule has 0 bridgehead atoms. The van der Waals surface area contributed by atoms with Crippen molar-refractivity contribution in [3.05, 3.63) is 179 Å². The van der Waals surface area contributed by atoms with Crippen molar-refractivity contribution in [1.29, 1.82) is 0 Å². The summed E-state index contributed by atoms with van der Waals surface area (Å²) in [6, 6.07) is 58.4. The van der Waals surface area contributed by atoms with Crippen molar-refractivity contribution in [2.24, 2.45) is 0 Å². The summed E-state index contributed by atoms with van der Waals surface area (Å²) < 4.78 is 0. The summed E-state index contributed by atoms with van der Waals surface area (Å²) in [5.41, 5.74) is 21.8. The summed E-state index contributed by atoms with van der Waals surface area (Å²) in [5, 5.41) is 0. The third kappa shape index (κ3) is 6.30. The summed E-state index contributed by atoms with van der Waals surface area (Å²) in [7, 11) is 0. The topological polar surface area (TPSA) is 9.72 Å². The fraction of sp³-hybridized carbons (Fsp3) is 0.288. The first kappa shape index (κ1) is 39.8. The second kappa shape index (κ2) is 14.5. The molecule has 0 unspecified atom stereocenters. The maximum Gasteiger partial charge on any atom is 0.252 e. The Bertz CT molecular complexity index is 2890. The summed E-state index contributed by atoms with van der Waals surface area (Å²) >= 11 is 0. The lowest BCUT2D eigenvalue weighted by Crippen LogP contribution is -2.62. The Morgan fingerprint density at radius 2 is 1.03 bits per heavy atom. The minimum Gasteiger partial charge on any atom is -0.311 e. The molecule has 314 valence electrons. The molecule has 7 aromatic rings. The van der Waals surface area contributed by atoms with E-state index in [4.69, 9.17) is 0 Å². The highest BCUT2D eigenvalue weighted by Gasteiger charge is 2.47. The highest BCUT2D eigenvalue weighted by molar-refractivity contribution is 7.00. The lowest BCUT2D eigenvalue weighted by molar-refractivity contribution is 0.443. The van der Waals surface area contributed by atoms with Gasteiger partial charge in [-0.1, -0.05) is 166 Å². The van der Waals surface area contributed by atoms with Gasteiger partial charge in [0.15, 0.2) is 0 Å². The maximum absolute atomic E-state index is 2.66. The number of hydrogen-bond donors (Lipinski definition) is 0. The Morgan fingerprint density at radius 3 is 1.71 bits per heavy atom. The van der Waals surface area contributed by atoms with Crippen LogP contribution in [-0.4, -0.2) is 6.71 Å². The van der Waals surface area contributed by atoms with Gasteiger partial charge < -0.3 is 14.7 Å². The number of hydrogen-bond acceptors (Lipinski definition) is 3. The Morgan fingerprint density at radius 1 is 0.460 bits per heavy atom. The molecule has 11 rings (SSSR count). The lowest BCUT2D eigenvalue weighted by Gasteiger charge is -2.48. The molecule has 1 saturated carbocycles. The minimum absolute atomic E-state index is 0.00547. The quantitative estimate of drug-likeness (QED) is 0.164. The van der Waals surface area contributed by atoms with Crippen molar-refractivity contribution >= 4 is 74.3 Å². The molecule has 3 heterocycles. The number of para-hydroxylation sites is 3. The third-order valence-corrected chi connectivity index (χ3v) is 14.9. The van der Waals surface area contributed by atoms with Gasteiger partial charge in [0.1, 0.15) is 0 Å². The smallest absolute Gasteiger partial charge is 0.252 e. The van der Waals surface area contributed by atoms with Crippen LogP contribution in [-0.2, 0) is 16.2 Å². The SMILES string of the molecule is CC(C)(C)c1ccc2c(c1)B1c3cc(C(C)(C)C)cc(N4c5ccccc5C(C)(C)c5cc(C6CCCCC6)ccc54)c3N(c3ccccc3)c3cccc(c31)N2c1ccccc1. The van der Waals surface area contributed by atoms with Gasteiger partial charge in [0.05, 0.1) is 22.7 Å². The average Bonchev–Trinajstić information content (AvgIpc) is 3.29. The molecule has 63 heavy (non-hydrogen) atoms. The van der Waals surface area contributed by atoms with Crippen LogP contribution in [0.15, 0.2) is 152 Å². The molecule has 0 atom stereocenters. The van der Waals surface area contributed by atoms with E-state index in [1.54, 1.807) is 0 Å². The van der Waals surface area contributed by atoms with Crippen molar-refractivity contribution in [3.63, 3.8) is 0 Å². The van der Waals surface area contributed by atoms with E-state index in [2.05, 4.69) is 222 Å². The van der Waals surface area contributed by atoms with E-state index in [0.717, 1.165) is 5.69 Å². The fourth-order valence-corrected chi connectivity index (χ4v) is 11.5. The molecule has 1 fully saturated rings. The molecule has 0 aromatic heterocycles. The second-order valence-electron chi connectivity index (χ2n) is 21.3. The van der Waals surface area contributed by atoms with Crippen LogP contribution in [0.5, 0.6) is 0 Å². The van der Waals surface area contributed by atoms with Crippen LogP contribution in [0, 0.1) is 0 Å². The standard InChI is InChI=1S/C59H60BN3/c1-57(2,3)41-32-34-51-47(36-41)60-48-37-42(58(4,5)6)38-54(63-49-28-19-18-27-45(49)59(7,8)46-35-40(31-33-50(46)63)39-21-12-9-13-22-39)56(48)62(44-25-16-11-17-26-44)53-30-20-29-52(55(53)60)61(51)43-23-14-10-15-24-43/h10-11,14-20,23-39H,9,12-13,21-22H2,1-8H3. The molecule has 3 aliphatic heterocycles.